The summed E-state index contributed by atoms with van der Waals surface area (Å²) in [5.41, 5.74) is 0. The molecule has 2 atom stereocenters. The number of carbonyl (C=O) groups is 2. The van der Waals surface area contributed by atoms with Crippen molar-refractivity contribution < 1.29 is 19.4 Å². The summed E-state index contributed by atoms with van der Waals surface area (Å²) in [5, 5.41) is 12.0. The van der Waals surface area contributed by atoms with Crippen molar-refractivity contribution in [3.8, 4) is 0 Å². The second-order valence-corrected chi connectivity index (χ2v) is 6.35. The third-order valence-corrected chi connectivity index (χ3v) is 5.22. The van der Waals surface area contributed by atoms with Crippen molar-refractivity contribution >= 4 is 23.8 Å². The van der Waals surface area contributed by atoms with Gasteiger partial charge in [0.1, 0.15) is 6.04 Å². The Balaban J connectivity index is 1.81. The number of morpholine rings is 1. The van der Waals surface area contributed by atoms with Gasteiger partial charge in [0.25, 0.3) is 0 Å². The standard InChI is InChI=1S/C13H23N3O4S/c1-2-11-16(10(9-21-11)12(17)18)13(19)14-3-4-15-5-7-20-8-6-15/h10-11H,2-9H2,1H3,(H,14,19)(H,17,18). The molecule has 2 heterocycles. The lowest BCUT2D eigenvalue weighted by atomic mass is 10.3. The van der Waals surface area contributed by atoms with E-state index in [0.717, 1.165) is 39.3 Å². The fourth-order valence-electron chi connectivity index (χ4n) is 2.58. The lowest BCUT2D eigenvalue weighted by Gasteiger charge is -2.29. The number of nitrogens with one attached hydrogen (secondary N) is 1. The highest BCUT2D eigenvalue weighted by molar-refractivity contribution is 8.00. The SMILES string of the molecule is CCC1SCC(C(=O)O)N1C(=O)NCCN1CCOCC1. The monoisotopic (exact) mass is 317 g/mol. The number of carboxylic acids is 1. The zero-order chi connectivity index (χ0) is 15.2. The molecule has 0 radical (unpaired) electrons. The number of carboxylic acid groups (broad SMARTS) is 1. The van der Waals surface area contributed by atoms with Crippen molar-refractivity contribution in [3.63, 3.8) is 0 Å². The van der Waals surface area contributed by atoms with Crippen LogP contribution in [-0.4, -0.2) is 83.5 Å². The van der Waals surface area contributed by atoms with Gasteiger partial charge in [0.15, 0.2) is 0 Å². The lowest BCUT2D eigenvalue weighted by molar-refractivity contribution is -0.141. The summed E-state index contributed by atoms with van der Waals surface area (Å²) in [7, 11) is 0. The molecule has 2 N–H and O–H groups in total. The van der Waals surface area contributed by atoms with Crippen LogP contribution in [0, 0.1) is 0 Å². The van der Waals surface area contributed by atoms with E-state index in [4.69, 9.17) is 4.74 Å². The van der Waals surface area contributed by atoms with E-state index in [1.807, 2.05) is 6.92 Å². The topological polar surface area (TPSA) is 82.1 Å². The maximum absolute atomic E-state index is 12.3. The summed E-state index contributed by atoms with van der Waals surface area (Å²) in [6, 6.07) is -0.990. The number of thioether (sulfide) groups is 1. The van der Waals surface area contributed by atoms with E-state index < -0.39 is 12.0 Å². The molecule has 0 bridgehead atoms. The van der Waals surface area contributed by atoms with Crippen molar-refractivity contribution in [1.82, 2.24) is 15.1 Å². The minimum absolute atomic E-state index is 0.0468. The highest BCUT2D eigenvalue weighted by atomic mass is 32.2. The summed E-state index contributed by atoms with van der Waals surface area (Å²) in [6.07, 6.45) is 0.755. The molecule has 7 nitrogen and oxygen atoms in total. The molecule has 2 saturated heterocycles. The molecular formula is C13H23N3O4S. The minimum atomic E-state index is -0.929. The largest absolute Gasteiger partial charge is 0.480 e. The summed E-state index contributed by atoms with van der Waals surface area (Å²) in [5.74, 6) is -0.466. The summed E-state index contributed by atoms with van der Waals surface area (Å²) in [6.45, 7) is 6.49. The van der Waals surface area contributed by atoms with Crippen LogP contribution < -0.4 is 5.32 Å². The zero-order valence-corrected chi connectivity index (χ0v) is 13.1. The zero-order valence-electron chi connectivity index (χ0n) is 12.3. The van der Waals surface area contributed by atoms with Crippen LogP contribution in [-0.2, 0) is 9.53 Å². The average molecular weight is 317 g/mol. The molecule has 0 aliphatic carbocycles. The second-order valence-electron chi connectivity index (χ2n) is 5.14. The smallest absolute Gasteiger partial charge is 0.327 e. The van der Waals surface area contributed by atoms with Crippen molar-refractivity contribution in [1.29, 1.82) is 0 Å². The normalized spacial score (nSPS) is 26.8. The average Bonchev–Trinajstić information content (AvgIpc) is 2.92. The predicted molar refractivity (Wildman–Crippen MR) is 80.5 cm³/mol. The van der Waals surface area contributed by atoms with E-state index in [1.165, 1.54) is 16.7 Å². The lowest BCUT2D eigenvalue weighted by Crippen LogP contribution is -2.51. The van der Waals surface area contributed by atoms with Gasteiger partial charge in [-0.25, -0.2) is 9.59 Å². The Kier molecular flexibility index (Phi) is 6.13. The number of urea groups is 1. The molecule has 0 aromatic carbocycles. The van der Waals surface area contributed by atoms with E-state index in [9.17, 15) is 14.7 Å². The Bertz CT molecular complexity index is 376. The van der Waals surface area contributed by atoms with Gasteiger partial charge in [0.2, 0.25) is 0 Å². The van der Waals surface area contributed by atoms with Crippen LogP contribution in [0.1, 0.15) is 13.3 Å². The van der Waals surface area contributed by atoms with E-state index in [0.29, 0.717) is 12.3 Å². The maximum atomic E-state index is 12.3. The third-order valence-electron chi connectivity index (χ3n) is 3.77. The number of carbonyl (C=O) groups excluding carboxylic acids is 1. The Morgan fingerprint density at radius 2 is 2.10 bits per heavy atom. The fraction of sp³-hybridized carbons (Fsp3) is 0.846. The van der Waals surface area contributed by atoms with Gasteiger partial charge in [-0.1, -0.05) is 6.92 Å². The highest BCUT2D eigenvalue weighted by Crippen LogP contribution is 2.31. The third kappa shape index (κ3) is 4.24. The van der Waals surface area contributed by atoms with Gasteiger partial charge in [-0.3, -0.25) is 9.80 Å². The Hall–Kier alpha value is -0.990. The molecule has 0 spiro atoms. The first-order valence-corrected chi connectivity index (χ1v) is 8.39. The molecule has 0 aromatic heterocycles. The van der Waals surface area contributed by atoms with E-state index in [2.05, 4.69) is 10.2 Å². The van der Waals surface area contributed by atoms with Crippen LogP contribution in [0.5, 0.6) is 0 Å². The van der Waals surface area contributed by atoms with E-state index in [-0.39, 0.29) is 11.4 Å². The van der Waals surface area contributed by atoms with Crippen molar-refractivity contribution in [2.45, 2.75) is 24.8 Å². The second kappa shape index (κ2) is 7.86. The highest BCUT2D eigenvalue weighted by Gasteiger charge is 2.40. The Morgan fingerprint density at radius 3 is 2.71 bits per heavy atom. The number of rotatable bonds is 5. The molecule has 2 amide bonds. The van der Waals surface area contributed by atoms with E-state index in [1.54, 1.807) is 0 Å². The number of nitrogens with zero attached hydrogens (tertiary/aromatic N) is 2. The first-order valence-electron chi connectivity index (χ1n) is 7.34. The summed E-state index contributed by atoms with van der Waals surface area (Å²) >= 11 is 1.53. The van der Waals surface area contributed by atoms with Crippen molar-refractivity contribution in [3.05, 3.63) is 0 Å². The summed E-state index contributed by atoms with van der Waals surface area (Å²) in [4.78, 5) is 27.2. The number of aliphatic carboxylic acids is 1. The maximum Gasteiger partial charge on any atom is 0.327 e. The molecule has 0 saturated carbocycles. The van der Waals surface area contributed by atoms with Gasteiger partial charge in [0, 0.05) is 31.9 Å². The Morgan fingerprint density at radius 1 is 1.38 bits per heavy atom. The predicted octanol–water partition coefficient (Wildman–Crippen LogP) is 0.266. The molecule has 21 heavy (non-hydrogen) atoms. The Labute approximate surface area is 129 Å². The number of hydrogen-bond acceptors (Lipinski definition) is 5. The molecule has 8 heteroatoms. The van der Waals surface area contributed by atoms with Gasteiger partial charge < -0.3 is 15.2 Å². The van der Waals surface area contributed by atoms with Gasteiger partial charge >= 0.3 is 12.0 Å². The first-order chi connectivity index (χ1) is 10.1. The first kappa shape index (κ1) is 16.4. The van der Waals surface area contributed by atoms with Crippen LogP contribution in [0.15, 0.2) is 0 Å². The fourth-order valence-corrected chi connectivity index (χ4v) is 3.92. The van der Waals surface area contributed by atoms with Gasteiger partial charge in [-0.15, -0.1) is 11.8 Å². The van der Waals surface area contributed by atoms with Crippen LogP contribution in [0.25, 0.3) is 0 Å². The van der Waals surface area contributed by atoms with Crippen molar-refractivity contribution in [2.75, 3.05) is 45.1 Å². The minimum Gasteiger partial charge on any atom is -0.480 e. The molecule has 120 valence electrons. The van der Waals surface area contributed by atoms with Crippen LogP contribution in [0.3, 0.4) is 0 Å². The van der Waals surface area contributed by atoms with Crippen LogP contribution >= 0.6 is 11.8 Å². The number of hydrogen-bond donors (Lipinski definition) is 2. The molecule has 0 aromatic rings. The van der Waals surface area contributed by atoms with E-state index >= 15 is 0 Å². The summed E-state index contributed by atoms with van der Waals surface area (Å²) < 4.78 is 5.27. The molecule has 2 unspecified atom stereocenters. The quantitative estimate of drug-likeness (QED) is 0.757. The van der Waals surface area contributed by atoms with Gasteiger partial charge in [0.05, 0.1) is 18.6 Å². The van der Waals surface area contributed by atoms with Crippen molar-refractivity contribution in [2.24, 2.45) is 0 Å². The van der Waals surface area contributed by atoms with Crippen LogP contribution in [0.2, 0.25) is 0 Å². The molecule has 2 aliphatic rings. The van der Waals surface area contributed by atoms with Gasteiger partial charge in [-0.2, -0.15) is 0 Å². The number of ether oxygens (including phenoxy) is 1. The molecule has 2 rings (SSSR count). The molecule has 2 aliphatic heterocycles. The number of amides is 2. The molecule has 2 fully saturated rings. The molecular weight excluding hydrogens is 294 g/mol. The van der Waals surface area contributed by atoms with Crippen LogP contribution in [0.4, 0.5) is 4.79 Å². The van der Waals surface area contributed by atoms with Gasteiger partial charge in [-0.05, 0) is 6.42 Å².